The smallest absolute Gasteiger partial charge is 0.326 e. The number of para-hydroxylation sites is 1. The minimum atomic E-state index is -0.0176. The van der Waals surface area contributed by atoms with E-state index in [-0.39, 0.29) is 11.7 Å². The van der Waals surface area contributed by atoms with Crippen LogP contribution in [0.15, 0.2) is 47.3 Å². The monoisotopic (exact) mass is 354 g/mol. The van der Waals surface area contributed by atoms with E-state index >= 15 is 0 Å². The van der Waals surface area contributed by atoms with Gasteiger partial charge >= 0.3 is 5.69 Å². The minimum Gasteiger partial charge on any atom is -0.355 e. The fourth-order valence-electron chi connectivity index (χ4n) is 3.53. The third-order valence-corrected chi connectivity index (χ3v) is 5.74. The lowest BCUT2D eigenvalue weighted by atomic mass is 10.2. The predicted molar refractivity (Wildman–Crippen MR) is 106 cm³/mol. The Morgan fingerprint density at radius 2 is 2.08 bits per heavy atom. The average Bonchev–Trinajstić information content (AvgIpc) is 3.19. The Kier molecular flexibility index (Phi) is 4.31. The van der Waals surface area contributed by atoms with E-state index < -0.39 is 0 Å². The Morgan fingerprint density at radius 1 is 1.24 bits per heavy atom. The highest BCUT2D eigenvalue weighted by atomic mass is 32.2. The average molecular weight is 354 g/mol. The first-order valence-electron chi connectivity index (χ1n) is 8.51. The number of aromatic nitrogens is 2. The molecule has 5 nitrogen and oxygen atoms in total. The molecule has 1 aromatic heterocycles. The molecular weight excluding hydrogens is 332 g/mol. The third kappa shape index (κ3) is 3.07. The second-order valence-electron chi connectivity index (χ2n) is 6.49. The summed E-state index contributed by atoms with van der Waals surface area (Å²) in [6.07, 6.45) is 3.10. The first-order chi connectivity index (χ1) is 12.2. The summed E-state index contributed by atoms with van der Waals surface area (Å²) in [4.78, 5) is 15.5. The highest BCUT2D eigenvalue weighted by Crippen LogP contribution is 2.29. The van der Waals surface area contributed by atoms with Gasteiger partial charge in [0.15, 0.2) is 0 Å². The number of hydrogen-bond acceptors (Lipinski definition) is 4. The first-order valence-corrected chi connectivity index (χ1v) is 9.70. The van der Waals surface area contributed by atoms with Crippen LogP contribution in [-0.2, 0) is 0 Å². The molecule has 0 bridgehead atoms. The molecule has 0 spiro atoms. The van der Waals surface area contributed by atoms with Gasteiger partial charge in [0.2, 0.25) is 0 Å². The molecule has 1 fully saturated rings. The van der Waals surface area contributed by atoms with Crippen LogP contribution in [0.3, 0.4) is 0 Å². The van der Waals surface area contributed by atoms with E-state index in [1.807, 2.05) is 34.9 Å². The van der Waals surface area contributed by atoms with Gasteiger partial charge in [-0.15, -0.1) is 0 Å². The molecule has 0 aliphatic carbocycles. The third-order valence-electron chi connectivity index (χ3n) is 4.89. The Hall–Kier alpha value is -2.18. The largest absolute Gasteiger partial charge is 0.355 e. The van der Waals surface area contributed by atoms with Crippen LogP contribution in [0.5, 0.6) is 0 Å². The number of aromatic amines is 1. The van der Waals surface area contributed by atoms with Crippen molar-refractivity contribution in [2.75, 3.05) is 24.7 Å². The molecular formula is C19H22N4OS. The van der Waals surface area contributed by atoms with Gasteiger partial charge in [0, 0.05) is 24.5 Å². The van der Waals surface area contributed by atoms with E-state index in [4.69, 9.17) is 0 Å². The fraction of sp³-hybridized carbons (Fsp3) is 0.316. The van der Waals surface area contributed by atoms with Crippen molar-refractivity contribution in [2.24, 2.45) is 0 Å². The summed E-state index contributed by atoms with van der Waals surface area (Å²) in [5.41, 5.74) is 5.09. The molecule has 3 aromatic rings. The van der Waals surface area contributed by atoms with Gasteiger partial charge in [0.05, 0.1) is 17.1 Å². The summed E-state index contributed by atoms with van der Waals surface area (Å²) in [6.45, 7) is 4.02. The zero-order valence-electron chi connectivity index (χ0n) is 14.5. The maximum atomic E-state index is 12.5. The van der Waals surface area contributed by atoms with Gasteiger partial charge in [-0.3, -0.25) is 4.57 Å². The Morgan fingerprint density at radius 3 is 2.84 bits per heavy atom. The summed E-state index contributed by atoms with van der Waals surface area (Å²) in [5.74, 6) is 0. The molecule has 2 aromatic carbocycles. The number of nitrogens with one attached hydrogen (secondary N) is 2. The van der Waals surface area contributed by atoms with Crippen LogP contribution in [-0.4, -0.2) is 33.2 Å². The summed E-state index contributed by atoms with van der Waals surface area (Å²) in [5, 5.41) is 3.44. The van der Waals surface area contributed by atoms with E-state index in [2.05, 4.69) is 39.9 Å². The van der Waals surface area contributed by atoms with Gasteiger partial charge < -0.3 is 10.3 Å². The van der Waals surface area contributed by atoms with E-state index in [0.717, 1.165) is 41.9 Å². The number of aryl methyl sites for hydroxylation is 1. The standard InChI is InChI=1S/C19H22N4OS/c1-13-5-3-4-6-16(13)20-14-7-8-18-17(11-14)21-19(24)23(18)15-9-10-22(12-15)25-2/h3-8,11,15,20H,9-10,12H2,1-2H3,(H,21,24). The van der Waals surface area contributed by atoms with Crippen LogP contribution >= 0.6 is 11.9 Å². The van der Waals surface area contributed by atoms with Crippen LogP contribution in [0.2, 0.25) is 0 Å². The van der Waals surface area contributed by atoms with Crippen LogP contribution in [0, 0.1) is 6.92 Å². The molecule has 1 unspecified atom stereocenters. The number of imidazole rings is 1. The highest BCUT2D eigenvalue weighted by Gasteiger charge is 2.26. The zero-order valence-corrected chi connectivity index (χ0v) is 15.3. The molecule has 1 saturated heterocycles. The second-order valence-corrected chi connectivity index (χ2v) is 7.37. The van der Waals surface area contributed by atoms with Crippen LogP contribution in [0.25, 0.3) is 11.0 Å². The summed E-state index contributed by atoms with van der Waals surface area (Å²) in [6, 6.07) is 14.5. The second kappa shape index (κ2) is 6.61. The molecule has 130 valence electrons. The maximum absolute atomic E-state index is 12.5. The lowest BCUT2D eigenvalue weighted by Crippen LogP contribution is -2.23. The first kappa shape index (κ1) is 16.3. The van der Waals surface area contributed by atoms with Gasteiger partial charge in [0.1, 0.15) is 0 Å². The van der Waals surface area contributed by atoms with Crippen LogP contribution < -0.4 is 11.0 Å². The molecule has 4 rings (SSSR count). The van der Waals surface area contributed by atoms with Gasteiger partial charge in [-0.1, -0.05) is 30.1 Å². The van der Waals surface area contributed by atoms with Crippen molar-refractivity contribution in [2.45, 2.75) is 19.4 Å². The molecule has 1 aliphatic rings. The van der Waals surface area contributed by atoms with Crippen molar-refractivity contribution in [1.29, 1.82) is 0 Å². The van der Waals surface area contributed by atoms with E-state index in [1.54, 1.807) is 11.9 Å². The van der Waals surface area contributed by atoms with E-state index in [9.17, 15) is 4.79 Å². The van der Waals surface area contributed by atoms with Crippen molar-refractivity contribution in [3.05, 3.63) is 58.5 Å². The van der Waals surface area contributed by atoms with Crippen LogP contribution in [0.1, 0.15) is 18.0 Å². The molecule has 25 heavy (non-hydrogen) atoms. The molecule has 2 heterocycles. The van der Waals surface area contributed by atoms with Crippen molar-refractivity contribution in [1.82, 2.24) is 13.9 Å². The number of fused-ring (bicyclic) bond motifs is 1. The predicted octanol–water partition coefficient (Wildman–Crippen LogP) is 3.91. The summed E-state index contributed by atoms with van der Waals surface area (Å²) >= 11 is 1.75. The molecule has 6 heteroatoms. The number of rotatable bonds is 4. The topological polar surface area (TPSA) is 53.1 Å². The maximum Gasteiger partial charge on any atom is 0.326 e. The van der Waals surface area contributed by atoms with E-state index in [0.29, 0.717) is 0 Å². The van der Waals surface area contributed by atoms with Gasteiger partial charge in [-0.25, -0.2) is 9.10 Å². The molecule has 0 amide bonds. The normalized spacial score (nSPS) is 18.1. The molecule has 1 atom stereocenters. The molecule has 1 aliphatic heterocycles. The van der Waals surface area contributed by atoms with Crippen molar-refractivity contribution in [3.8, 4) is 0 Å². The fourth-order valence-corrected chi connectivity index (χ4v) is 4.14. The summed E-state index contributed by atoms with van der Waals surface area (Å²) < 4.78 is 4.23. The number of benzene rings is 2. The lowest BCUT2D eigenvalue weighted by molar-refractivity contribution is 0.504. The van der Waals surface area contributed by atoms with Gasteiger partial charge in [0.25, 0.3) is 0 Å². The number of H-pyrrole nitrogens is 1. The highest BCUT2D eigenvalue weighted by molar-refractivity contribution is 7.96. The minimum absolute atomic E-state index is 0.0176. The van der Waals surface area contributed by atoms with Gasteiger partial charge in [-0.05, 0) is 49.4 Å². The SMILES string of the molecule is CSN1CCC(n2c(=O)[nH]c3cc(Nc4ccccc4C)ccc32)C1. The Bertz CT molecular complexity index is 961. The molecule has 2 N–H and O–H groups in total. The van der Waals surface area contributed by atoms with Crippen molar-refractivity contribution in [3.63, 3.8) is 0 Å². The Labute approximate surface area is 151 Å². The van der Waals surface area contributed by atoms with E-state index in [1.165, 1.54) is 5.56 Å². The quantitative estimate of drug-likeness (QED) is 0.698. The number of nitrogens with zero attached hydrogens (tertiary/aromatic N) is 2. The Balaban J connectivity index is 1.67. The molecule has 0 radical (unpaired) electrons. The van der Waals surface area contributed by atoms with Gasteiger partial charge in [-0.2, -0.15) is 0 Å². The lowest BCUT2D eigenvalue weighted by Gasteiger charge is -2.14. The number of anilines is 2. The molecule has 0 saturated carbocycles. The zero-order chi connectivity index (χ0) is 17.4. The van der Waals surface area contributed by atoms with Crippen molar-refractivity contribution >= 4 is 34.4 Å². The van der Waals surface area contributed by atoms with Crippen LogP contribution in [0.4, 0.5) is 11.4 Å². The number of hydrogen-bond donors (Lipinski definition) is 2. The summed E-state index contributed by atoms with van der Waals surface area (Å²) in [7, 11) is 0. The van der Waals surface area contributed by atoms with Crippen molar-refractivity contribution < 1.29 is 0 Å².